The number of aromatic nitrogens is 1. The number of amidine groups is 1. The maximum Gasteiger partial charge on any atom is 0.243 e. The lowest BCUT2D eigenvalue weighted by atomic mass is 9.95. The molecule has 3 rings (SSSR count). The maximum absolute atomic E-state index is 13.0. The summed E-state index contributed by atoms with van der Waals surface area (Å²) in [5.74, 6) is -0.200. The summed E-state index contributed by atoms with van der Waals surface area (Å²) in [6, 6.07) is 3.17. The average Bonchev–Trinajstić information content (AvgIpc) is 3.22. The minimum Gasteiger partial charge on any atom is -0.382 e. The third kappa shape index (κ3) is 5.53. The van der Waals surface area contributed by atoms with Crippen molar-refractivity contribution in [3.8, 4) is 0 Å². The second-order valence-electron chi connectivity index (χ2n) is 8.10. The van der Waals surface area contributed by atoms with Crippen LogP contribution in [0.1, 0.15) is 63.1 Å². The van der Waals surface area contributed by atoms with Gasteiger partial charge in [-0.3, -0.25) is 20.0 Å². The minimum atomic E-state index is -0.414. The highest BCUT2D eigenvalue weighted by molar-refractivity contribution is 5.93. The van der Waals surface area contributed by atoms with E-state index in [0.717, 1.165) is 24.8 Å². The van der Waals surface area contributed by atoms with Crippen molar-refractivity contribution in [2.75, 3.05) is 6.54 Å². The Kier molecular flexibility index (Phi) is 7.19. The summed E-state index contributed by atoms with van der Waals surface area (Å²) in [6.07, 6.45) is 9.10. The highest BCUT2D eigenvalue weighted by Crippen LogP contribution is 2.21. The Balaban J connectivity index is 1.52. The van der Waals surface area contributed by atoms with Crippen LogP contribution in [0.15, 0.2) is 18.3 Å². The van der Waals surface area contributed by atoms with Gasteiger partial charge in [-0.05, 0) is 44.2 Å². The van der Waals surface area contributed by atoms with E-state index in [1.54, 1.807) is 23.2 Å². The Labute approximate surface area is 172 Å². The largest absolute Gasteiger partial charge is 0.382 e. The molecule has 1 aliphatic heterocycles. The SMILES string of the molecule is C[C@H](NC1CCCCC1)C(=O)N1CCC[C@H]1C(=O)NCc1ccc(C(=N)N)nc1. The number of likely N-dealkylation sites (tertiary alicyclic amines) is 1. The first-order chi connectivity index (χ1) is 14.0. The van der Waals surface area contributed by atoms with Gasteiger partial charge in [0.25, 0.3) is 0 Å². The summed E-state index contributed by atoms with van der Waals surface area (Å²) >= 11 is 0. The van der Waals surface area contributed by atoms with E-state index in [9.17, 15) is 9.59 Å². The second kappa shape index (κ2) is 9.82. The monoisotopic (exact) mass is 400 g/mol. The lowest BCUT2D eigenvalue weighted by Gasteiger charge is -2.30. The number of carbonyl (C=O) groups excluding carboxylic acids is 2. The molecule has 2 atom stereocenters. The quantitative estimate of drug-likeness (QED) is 0.405. The first-order valence-corrected chi connectivity index (χ1v) is 10.6. The van der Waals surface area contributed by atoms with Crippen LogP contribution in [0.25, 0.3) is 0 Å². The molecule has 29 heavy (non-hydrogen) atoms. The van der Waals surface area contributed by atoms with Crippen molar-refractivity contribution in [3.63, 3.8) is 0 Å². The van der Waals surface area contributed by atoms with Gasteiger partial charge < -0.3 is 21.3 Å². The van der Waals surface area contributed by atoms with Crippen LogP contribution in [0, 0.1) is 5.41 Å². The molecule has 1 saturated heterocycles. The Hall–Kier alpha value is -2.48. The van der Waals surface area contributed by atoms with E-state index < -0.39 is 6.04 Å². The Morgan fingerprint density at radius 3 is 2.66 bits per heavy atom. The first kappa shape index (κ1) is 21.2. The highest BCUT2D eigenvalue weighted by Gasteiger charge is 2.36. The predicted octanol–water partition coefficient (Wildman–Crippen LogP) is 1.28. The third-order valence-electron chi connectivity index (χ3n) is 5.87. The van der Waals surface area contributed by atoms with E-state index >= 15 is 0 Å². The van der Waals surface area contributed by atoms with Gasteiger partial charge in [0.1, 0.15) is 17.6 Å². The molecular formula is C21H32N6O2. The lowest BCUT2D eigenvalue weighted by molar-refractivity contribution is -0.140. The van der Waals surface area contributed by atoms with E-state index in [1.807, 2.05) is 6.92 Å². The number of nitrogens with one attached hydrogen (secondary N) is 3. The Morgan fingerprint density at radius 2 is 2.00 bits per heavy atom. The van der Waals surface area contributed by atoms with Gasteiger partial charge in [-0.15, -0.1) is 0 Å². The molecular weight excluding hydrogens is 368 g/mol. The van der Waals surface area contributed by atoms with Crippen LogP contribution >= 0.6 is 0 Å². The summed E-state index contributed by atoms with van der Waals surface area (Å²) in [5, 5.41) is 13.8. The van der Waals surface area contributed by atoms with Gasteiger partial charge >= 0.3 is 0 Å². The van der Waals surface area contributed by atoms with Crippen LogP contribution in [0.4, 0.5) is 0 Å². The van der Waals surface area contributed by atoms with Crippen molar-refractivity contribution in [1.29, 1.82) is 5.41 Å². The van der Waals surface area contributed by atoms with Crippen molar-refractivity contribution in [1.82, 2.24) is 20.5 Å². The van der Waals surface area contributed by atoms with E-state index in [1.165, 1.54) is 19.3 Å². The fourth-order valence-electron chi connectivity index (χ4n) is 4.24. The van der Waals surface area contributed by atoms with Gasteiger partial charge in [0.05, 0.1) is 6.04 Å². The van der Waals surface area contributed by atoms with Gasteiger partial charge in [-0.2, -0.15) is 0 Å². The van der Waals surface area contributed by atoms with Crippen LogP contribution in [-0.4, -0.2) is 52.2 Å². The smallest absolute Gasteiger partial charge is 0.243 e. The molecule has 0 aromatic carbocycles. The van der Waals surface area contributed by atoms with Crippen LogP contribution in [0.2, 0.25) is 0 Å². The molecule has 1 aromatic heterocycles. The number of rotatable bonds is 7. The number of nitrogens with two attached hydrogens (primary N) is 1. The fraction of sp³-hybridized carbons (Fsp3) is 0.619. The number of nitrogens with zero attached hydrogens (tertiary/aromatic N) is 2. The topological polar surface area (TPSA) is 124 Å². The summed E-state index contributed by atoms with van der Waals surface area (Å²) in [6.45, 7) is 2.87. The molecule has 2 aliphatic rings. The van der Waals surface area contributed by atoms with Crippen molar-refractivity contribution in [2.24, 2.45) is 5.73 Å². The molecule has 5 N–H and O–H groups in total. The molecule has 2 amide bonds. The molecule has 1 aromatic rings. The van der Waals surface area contributed by atoms with Gasteiger partial charge in [-0.25, -0.2) is 0 Å². The van der Waals surface area contributed by atoms with Crippen LogP contribution < -0.4 is 16.4 Å². The van der Waals surface area contributed by atoms with E-state index in [4.69, 9.17) is 11.1 Å². The normalized spacial score (nSPS) is 21.0. The molecule has 1 saturated carbocycles. The number of hydrogen-bond donors (Lipinski definition) is 4. The number of carbonyl (C=O) groups is 2. The predicted molar refractivity (Wildman–Crippen MR) is 111 cm³/mol. The van der Waals surface area contributed by atoms with Crippen molar-refractivity contribution >= 4 is 17.6 Å². The molecule has 0 bridgehead atoms. The van der Waals surface area contributed by atoms with E-state index in [2.05, 4.69) is 15.6 Å². The molecule has 0 unspecified atom stereocenters. The van der Waals surface area contributed by atoms with Crippen LogP contribution in [0.3, 0.4) is 0 Å². The molecule has 2 fully saturated rings. The Bertz CT molecular complexity index is 729. The van der Waals surface area contributed by atoms with Gasteiger partial charge in [0, 0.05) is 25.3 Å². The number of hydrogen-bond acceptors (Lipinski definition) is 5. The molecule has 8 heteroatoms. The lowest BCUT2D eigenvalue weighted by Crippen LogP contribution is -2.53. The number of amides is 2. The van der Waals surface area contributed by atoms with Crippen molar-refractivity contribution in [2.45, 2.75) is 76.5 Å². The zero-order valence-corrected chi connectivity index (χ0v) is 17.1. The van der Waals surface area contributed by atoms with Gasteiger partial charge in [-0.1, -0.05) is 25.3 Å². The van der Waals surface area contributed by atoms with Gasteiger partial charge in [0.2, 0.25) is 11.8 Å². The number of nitrogen functional groups attached to an aromatic ring is 1. The third-order valence-corrected chi connectivity index (χ3v) is 5.87. The second-order valence-corrected chi connectivity index (χ2v) is 8.10. The van der Waals surface area contributed by atoms with Crippen LogP contribution in [0.5, 0.6) is 0 Å². The summed E-state index contributed by atoms with van der Waals surface area (Å²) in [7, 11) is 0. The van der Waals surface area contributed by atoms with Crippen molar-refractivity contribution < 1.29 is 9.59 Å². The molecule has 2 heterocycles. The Morgan fingerprint density at radius 1 is 1.24 bits per heavy atom. The fourth-order valence-corrected chi connectivity index (χ4v) is 4.24. The molecule has 0 radical (unpaired) electrons. The summed E-state index contributed by atoms with van der Waals surface area (Å²) < 4.78 is 0. The standard InChI is InChI=1S/C21H32N6O2/c1-14(26-16-6-3-2-4-7-16)21(29)27-11-5-8-18(27)20(28)25-13-15-9-10-17(19(22)23)24-12-15/h9-10,12,14,16,18,26H,2-8,11,13H2,1H3,(H3,22,23)(H,25,28)/t14-,18-/m0/s1. The maximum atomic E-state index is 13.0. The van der Waals surface area contributed by atoms with E-state index in [0.29, 0.717) is 31.2 Å². The van der Waals surface area contributed by atoms with Crippen LogP contribution in [-0.2, 0) is 16.1 Å². The zero-order chi connectivity index (χ0) is 20.8. The zero-order valence-electron chi connectivity index (χ0n) is 17.1. The summed E-state index contributed by atoms with van der Waals surface area (Å²) in [5.41, 5.74) is 6.64. The summed E-state index contributed by atoms with van der Waals surface area (Å²) in [4.78, 5) is 31.5. The molecule has 0 spiro atoms. The molecule has 158 valence electrons. The van der Waals surface area contributed by atoms with E-state index in [-0.39, 0.29) is 23.7 Å². The molecule has 8 nitrogen and oxygen atoms in total. The van der Waals surface area contributed by atoms with Gasteiger partial charge in [0.15, 0.2) is 0 Å². The minimum absolute atomic E-state index is 0.0145. The highest BCUT2D eigenvalue weighted by atomic mass is 16.2. The van der Waals surface area contributed by atoms with Crippen molar-refractivity contribution in [3.05, 3.63) is 29.6 Å². The first-order valence-electron chi connectivity index (χ1n) is 10.6. The molecule has 1 aliphatic carbocycles. The number of pyridine rings is 1. The average molecular weight is 401 g/mol.